The Hall–Kier alpha value is -1.35. The van der Waals surface area contributed by atoms with Crippen molar-refractivity contribution in [3.05, 3.63) is 30.5 Å². The predicted octanol–water partition coefficient (Wildman–Crippen LogP) is 1.52. The van der Waals surface area contributed by atoms with Crippen LogP contribution in [-0.2, 0) is 0 Å². The highest BCUT2D eigenvalue weighted by atomic mass is 15.2. The van der Waals surface area contributed by atoms with Gasteiger partial charge < -0.3 is 10.2 Å². The molecule has 80 valence electrons. The lowest BCUT2D eigenvalue weighted by Gasteiger charge is -2.28. The van der Waals surface area contributed by atoms with E-state index >= 15 is 0 Å². The van der Waals surface area contributed by atoms with Crippen molar-refractivity contribution in [3.63, 3.8) is 0 Å². The minimum Gasteiger partial charge on any atom is -0.354 e. The SMILES string of the molecule is C=C(C)c1ccc(N2CCNCC2)nc1. The second-order valence-electron chi connectivity index (χ2n) is 3.92. The summed E-state index contributed by atoms with van der Waals surface area (Å²) >= 11 is 0. The molecule has 1 aromatic heterocycles. The Balaban J connectivity index is 2.11. The largest absolute Gasteiger partial charge is 0.354 e. The highest BCUT2D eigenvalue weighted by Crippen LogP contribution is 2.15. The number of allylic oxidation sites excluding steroid dienone is 1. The van der Waals surface area contributed by atoms with Crippen molar-refractivity contribution in [3.8, 4) is 0 Å². The third kappa shape index (κ3) is 2.36. The minimum atomic E-state index is 1.04. The first-order valence-electron chi connectivity index (χ1n) is 5.35. The fourth-order valence-corrected chi connectivity index (χ4v) is 1.72. The summed E-state index contributed by atoms with van der Waals surface area (Å²) in [5.41, 5.74) is 2.18. The molecule has 1 N–H and O–H groups in total. The molecule has 2 rings (SSSR count). The van der Waals surface area contributed by atoms with Crippen molar-refractivity contribution in [1.82, 2.24) is 10.3 Å². The summed E-state index contributed by atoms with van der Waals surface area (Å²) in [5.74, 6) is 1.07. The van der Waals surface area contributed by atoms with E-state index in [1.807, 2.05) is 13.1 Å². The number of rotatable bonds is 2. The molecule has 1 aliphatic heterocycles. The molecule has 2 heterocycles. The second-order valence-corrected chi connectivity index (χ2v) is 3.92. The summed E-state index contributed by atoms with van der Waals surface area (Å²) in [6.07, 6.45) is 1.90. The van der Waals surface area contributed by atoms with E-state index in [9.17, 15) is 0 Å². The Morgan fingerprint density at radius 2 is 2.13 bits per heavy atom. The fraction of sp³-hybridized carbons (Fsp3) is 0.417. The van der Waals surface area contributed by atoms with Gasteiger partial charge >= 0.3 is 0 Å². The standard InChI is InChI=1S/C12H17N3/c1-10(2)11-3-4-12(14-9-11)15-7-5-13-6-8-15/h3-4,9,13H,1,5-8H2,2H3. The van der Waals surface area contributed by atoms with Crippen molar-refractivity contribution >= 4 is 11.4 Å². The molecule has 0 aromatic carbocycles. The van der Waals surface area contributed by atoms with Gasteiger partial charge in [-0.15, -0.1) is 0 Å². The minimum absolute atomic E-state index is 1.04. The third-order valence-corrected chi connectivity index (χ3v) is 2.68. The van der Waals surface area contributed by atoms with Crippen LogP contribution in [0, 0.1) is 0 Å². The quantitative estimate of drug-likeness (QED) is 0.790. The molecule has 0 unspecified atom stereocenters. The van der Waals surface area contributed by atoms with Gasteiger partial charge in [-0.1, -0.05) is 6.58 Å². The molecule has 3 heteroatoms. The maximum absolute atomic E-state index is 4.46. The molecule has 15 heavy (non-hydrogen) atoms. The van der Waals surface area contributed by atoms with Crippen LogP contribution in [0.3, 0.4) is 0 Å². The molecule has 0 spiro atoms. The van der Waals surface area contributed by atoms with Crippen molar-refractivity contribution in [2.45, 2.75) is 6.92 Å². The molecule has 0 atom stereocenters. The van der Waals surface area contributed by atoms with Gasteiger partial charge in [0.15, 0.2) is 0 Å². The van der Waals surface area contributed by atoms with E-state index in [-0.39, 0.29) is 0 Å². The maximum Gasteiger partial charge on any atom is 0.128 e. The van der Waals surface area contributed by atoms with E-state index in [0.29, 0.717) is 0 Å². The average Bonchev–Trinajstić information content (AvgIpc) is 2.30. The van der Waals surface area contributed by atoms with E-state index in [0.717, 1.165) is 43.1 Å². The number of pyridine rings is 1. The lowest BCUT2D eigenvalue weighted by molar-refractivity contribution is 0.585. The number of hydrogen-bond acceptors (Lipinski definition) is 3. The van der Waals surface area contributed by atoms with Crippen molar-refractivity contribution in [2.24, 2.45) is 0 Å². The highest BCUT2D eigenvalue weighted by Gasteiger charge is 2.10. The molecule has 0 aliphatic carbocycles. The summed E-state index contributed by atoms with van der Waals surface area (Å²) in [7, 11) is 0. The topological polar surface area (TPSA) is 28.2 Å². The molecule has 0 radical (unpaired) electrons. The molecule has 1 aromatic rings. The zero-order valence-electron chi connectivity index (χ0n) is 9.16. The summed E-state index contributed by atoms with van der Waals surface area (Å²) in [6.45, 7) is 10.1. The molecule has 1 aliphatic rings. The number of piperazine rings is 1. The first-order chi connectivity index (χ1) is 7.27. The van der Waals surface area contributed by atoms with Crippen LogP contribution in [0.2, 0.25) is 0 Å². The zero-order chi connectivity index (χ0) is 10.7. The van der Waals surface area contributed by atoms with Gasteiger partial charge in [0.05, 0.1) is 0 Å². The smallest absolute Gasteiger partial charge is 0.128 e. The number of aromatic nitrogens is 1. The van der Waals surface area contributed by atoms with Crippen LogP contribution < -0.4 is 10.2 Å². The van der Waals surface area contributed by atoms with Crippen molar-refractivity contribution < 1.29 is 0 Å². The van der Waals surface area contributed by atoms with Crippen LogP contribution in [0.15, 0.2) is 24.9 Å². The number of nitrogens with one attached hydrogen (secondary N) is 1. The molecule has 1 saturated heterocycles. The third-order valence-electron chi connectivity index (χ3n) is 2.68. The Bertz CT molecular complexity index is 336. The second kappa shape index (κ2) is 4.45. The van der Waals surface area contributed by atoms with Crippen LogP contribution in [0.4, 0.5) is 5.82 Å². The number of hydrogen-bond donors (Lipinski definition) is 1. The fourth-order valence-electron chi connectivity index (χ4n) is 1.72. The van der Waals surface area contributed by atoms with E-state index in [1.165, 1.54) is 0 Å². The van der Waals surface area contributed by atoms with Crippen LogP contribution in [0.1, 0.15) is 12.5 Å². The van der Waals surface area contributed by atoms with Gasteiger partial charge in [0.25, 0.3) is 0 Å². The van der Waals surface area contributed by atoms with E-state index in [2.05, 4.69) is 33.9 Å². The Kier molecular flexibility index (Phi) is 3.02. The van der Waals surface area contributed by atoms with Gasteiger partial charge in [-0.2, -0.15) is 0 Å². The van der Waals surface area contributed by atoms with Gasteiger partial charge in [-0.05, 0) is 30.2 Å². The molecule has 0 saturated carbocycles. The highest BCUT2D eigenvalue weighted by molar-refractivity contribution is 5.61. The zero-order valence-corrected chi connectivity index (χ0v) is 9.16. The number of nitrogens with zero attached hydrogens (tertiary/aromatic N) is 2. The van der Waals surface area contributed by atoms with Gasteiger partial charge in [0.1, 0.15) is 5.82 Å². The van der Waals surface area contributed by atoms with Crippen molar-refractivity contribution in [2.75, 3.05) is 31.1 Å². The first kappa shape index (κ1) is 10.2. The maximum atomic E-state index is 4.46. The van der Waals surface area contributed by atoms with Gasteiger partial charge in [-0.3, -0.25) is 0 Å². The lowest BCUT2D eigenvalue weighted by Crippen LogP contribution is -2.43. The van der Waals surface area contributed by atoms with Crippen LogP contribution in [0.5, 0.6) is 0 Å². The van der Waals surface area contributed by atoms with E-state index in [1.54, 1.807) is 0 Å². The molecule has 0 bridgehead atoms. The summed E-state index contributed by atoms with van der Waals surface area (Å²) < 4.78 is 0. The lowest BCUT2D eigenvalue weighted by atomic mass is 10.1. The monoisotopic (exact) mass is 203 g/mol. The summed E-state index contributed by atoms with van der Waals surface area (Å²) in [5, 5.41) is 3.33. The molecule has 3 nitrogen and oxygen atoms in total. The van der Waals surface area contributed by atoms with E-state index < -0.39 is 0 Å². The molecular formula is C12H17N3. The van der Waals surface area contributed by atoms with Crippen LogP contribution in [-0.4, -0.2) is 31.2 Å². The average molecular weight is 203 g/mol. The van der Waals surface area contributed by atoms with Gasteiger partial charge in [-0.25, -0.2) is 4.98 Å². The first-order valence-corrected chi connectivity index (χ1v) is 5.35. The normalized spacial score (nSPS) is 16.5. The summed E-state index contributed by atoms with van der Waals surface area (Å²) in [4.78, 5) is 6.77. The Morgan fingerprint density at radius 3 is 2.67 bits per heavy atom. The van der Waals surface area contributed by atoms with Gasteiger partial charge in [0, 0.05) is 32.4 Å². The molecule has 0 amide bonds. The van der Waals surface area contributed by atoms with Gasteiger partial charge in [0.2, 0.25) is 0 Å². The molecular weight excluding hydrogens is 186 g/mol. The molecule has 1 fully saturated rings. The van der Waals surface area contributed by atoms with E-state index in [4.69, 9.17) is 0 Å². The number of anilines is 1. The summed E-state index contributed by atoms with van der Waals surface area (Å²) in [6, 6.07) is 4.17. The van der Waals surface area contributed by atoms with Crippen LogP contribution in [0.25, 0.3) is 5.57 Å². The predicted molar refractivity (Wildman–Crippen MR) is 64.0 cm³/mol. The van der Waals surface area contributed by atoms with Crippen molar-refractivity contribution in [1.29, 1.82) is 0 Å². The Labute approximate surface area is 90.8 Å². The Morgan fingerprint density at radius 1 is 1.40 bits per heavy atom. The van der Waals surface area contributed by atoms with Crippen LogP contribution >= 0.6 is 0 Å².